The highest BCUT2D eigenvalue weighted by atomic mass is 16.5. The Hall–Kier alpha value is -1.80. The molecule has 1 heterocycles. The lowest BCUT2D eigenvalue weighted by Gasteiger charge is -2.10. The van der Waals surface area contributed by atoms with Crippen molar-refractivity contribution in [1.82, 2.24) is 4.57 Å². The smallest absolute Gasteiger partial charge is 0.0649 e. The Morgan fingerprint density at radius 3 is 1.95 bits per heavy atom. The summed E-state index contributed by atoms with van der Waals surface area (Å²) in [5.41, 5.74) is 2.58. The summed E-state index contributed by atoms with van der Waals surface area (Å²) in [7, 11) is 0. The number of rotatable bonds is 4. The van der Waals surface area contributed by atoms with Gasteiger partial charge in [-0.15, -0.1) is 0 Å². The van der Waals surface area contributed by atoms with Gasteiger partial charge in [0.05, 0.1) is 12.7 Å². The highest BCUT2D eigenvalue weighted by molar-refractivity contribution is 6.07. The molecule has 0 aliphatic rings. The Morgan fingerprint density at radius 2 is 1.42 bits per heavy atom. The van der Waals surface area contributed by atoms with Crippen molar-refractivity contribution >= 4 is 21.8 Å². The molecule has 0 unspecified atom stereocenters. The van der Waals surface area contributed by atoms with Crippen LogP contribution in [0.4, 0.5) is 0 Å². The van der Waals surface area contributed by atoms with Gasteiger partial charge < -0.3 is 9.30 Å². The van der Waals surface area contributed by atoms with Gasteiger partial charge in [0.2, 0.25) is 0 Å². The predicted octanol–water partition coefficient (Wildman–Crippen LogP) is 4.22. The van der Waals surface area contributed by atoms with Gasteiger partial charge in [-0.3, -0.25) is 0 Å². The molecule has 0 saturated carbocycles. The molecule has 0 radical (unpaired) electrons. The molecule has 0 fully saturated rings. The summed E-state index contributed by atoms with van der Waals surface area (Å²) >= 11 is 0. The number of ether oxygens (including phenoxy) is 1. The fraction of sp³-hybridized carbons (Fsp3) is 0.294. The number of nitrogens with zero attached hydrogens (tertiary/aromatic N) is 1. The van der Waals surface area contributed by atoms with Crippen molar-refractivity contribution in [2.75, 3.05) is 6.61 Å². The molecule has 0 aliphatic carbocycles. The Labute approximate surface area is 113 Å². The minimum absolute atomic E-state index is 0.285. The van der Waals surface area contributed by atoms with Crippen molar-refractivity contribution < 1.29 is 4.74 Å². The van der Waals surface area contributed by atoms with Crippen LogP contribution < -0.4 is 0 Å². The highest BCUT2D eigenvalue weighted by Crippen LogP contribution is 2.28. The summed E-state index contributed by atoms with van der Waals surface area (Å²) in [6.07, 6.45) is 0.285. The van der Waals surface area contributed by atoms with Crippen LogP contribution in [-0.4, -0.2) is 17.3 Å². The summed E-state index contributed by atoms with van der Waals surface area (Å²) in [5, 5.41) is 2.64. The topological polar surface area (TPSA) is 14.2 Å². The van der Waals surface area contributed by atoms with Gasteiger partial charge >= 0.3 is 0 Å². The molecular weight excluding hydrogens is 234 g/mol. The molecular formula is C17H19NO. The minimum Gasteiger partial charge on any atom is -0.377 e. The third kappa shape index (κ3) is 2.24. The fourth-order valence-corrected chi connectivity index (χ4v) is 2.62. The van der Waals surface area contributed by atoms with Gasteiger partial charge in [-0.2, -0.15) is 0 Å². The summed E-state index contributed by atoms with van der Waals surface area (Å²) in [6.45, 7) is 5.80. The van der Waals surface area contributed by atoms with E-state index in [1.165, 1.54) is 21.8 Å². The second-order valence-electron chi connectivity index (χ2n) is 5.11. The molecule has 19 heavy (non-hydrogen) atoms. The van der Waals surface area contributed by atoms with Crippen LogP contribution in [0.2, 0.25) is 0 Å². The minimum atomic E-state index is 0.285. The maximum absolute atomic E-state index is 5.69. The third-order valence-electron chi connectivity index (χ3n) is 3.45. The van der Waals surface area contributed by atoms with Gasteiger partial charge in [0, 0.05) is 28.4 Å². The zero-order chi connectivity index (χ0) is 13.2. The molecule has 0 N–H and O–H groups in total. The van der Waals surface area contributed by atoms with Crippen LogP contribution >= 0.6 is 0 Å². The van der Waals surface area contributed by atoms with E-state index in [-0.39, 0.29) is 6.10 Å². The molecule has 98 valence electrons. The predicted molar refractivity (Wildman–Crippen MR) is 80.5 cm³/mol. The molecule has 2 heteroatoms. The van der Waals surface area contributed by atoms with Gasteiger partial charge in [-0.05, 0) is 26.0 Å². The molecule has 0 aliphatic heterocycles. The maximum atomic E-state index is 5.69. The first-order valence-electron chi connectivity index (χ1n) is 6.85. The monoisotopic (exact) mass is 253 g/mol. The molecule has 2 aromatic carbocycles. The van der Waals surface area contributed by atoms with E-state index in [4.69, 9.17) is 4.74 Å². The van der Waals surface area contributed by atoms with Gasteiger partial charge in [0.25, 0.3) is 0 Å². The molecule has 2 nitrogen and oxygen atoms in total. The van der Waals surface area contributed by atoms with Crippen LogP contribution in [0.3, 0.4) is 0 Å². The molecule has 0 bridgehead atoms. The van der Waals surface area contributed by atoms with Crippen molar-refractivity contribution in [3.8, 4) is 0 Å². The van der Waals surface area contributed by atoms with Crippen LogP contribution in [0.5, 0.6) is 0 Å². The summed E-state index contributed by atoms with van der Waals surface area (Å²) in [6, 6.07) is 17.2. The number of benzene rings is 2. The first-order chi connectivity index (χ1) is 9.27. The average molecular weight is 253 g/mol. The van der Waals surface area contributed by atoms with E-state index in [1.54, 1.807) is 0 Å². The number of fused-ring (bicyclic) bond motifs is 3. The van der Waals surface area contributed by atoms with Gasteiger partial charge in [-0.1, -0.05) is 36.4 Å². The van der Waals surface area contributed by atoms with E-state index in [1.807, 2.05) is 0 Å². The summed E-state index contributed by atoms with van der Waals surface area (Å²) < 4.78 is 8.05. The zero-order valence-electron chi connectivity index (χ0n) is 11.5. The van der Waals surface area contributed by atoms with Crippen molar-refractivity contribution in [3.63, 3.8) is 0 Å². The lowest BCUT2D eigenvalue weighted by Crippen LogP contribution is -2.10. The molecule has 1 aromatic heterocycles. The van der Waals surface area contributed by atoms with E-state index in [9.17, 15) is 0 Å². The fourth-order valence-electron chi connectivity index (χ4n) is 2.62. The number of hydrogen-bond acceptors (Lipinski definition) is 1. The summed E-state index contributed by atoms with van der Waals surface area (Å²) in [5.74, 6) is 0. The van der Waals surface area contributed by atoms with Gasteiger partial charge in [0.1, 0.15) is 0 Å². The van der Waals surface area contributed by atoms with Crippen LogP contribution in [0.25, 0.3) is 21.8 Å². The lowest BCUT2D eigenvalue weighted by molar-refractivity contribution is 0.0739. The van der Waals surface area contributed by atoms with Crippen molar-refractivity contribution in [1.29, 1.82) is 0 Å². The van der Waals surface area contributed by atoms with Crippen LogP contribution in [-0.2, 0) is 11.3 Å². The Bertz CT molecular complexity index is 643. The first-order valence-corrected chi connectivity index (χ1v) is 6.85. The molecule has 3 rings (SSSR count). The Balaban J connectivity index is 2.09. The van der Waals surface area contributed by atoms with Crippen LogP contribution in [0.15, 0.2) is 48.5 Å². The average Bonchev–Trinajstić information content (AvgIpc) is 2.74. The van der Waals surface area contributed by atoms with Crippen LogP contribution in [0.1, 0.15) is 13.8 Å². The van der Waals surface area contributed by atoms with Crippen molar-refractivity contribution in [2.45, 2.75) is 26.5 Å². The molecule has 0 spiro atoms. The quantitative estimate of drug-likeness (QED) is 0.679. The zero-order valence-corrected chi connectivity index (χ0v) is 11.5. The van der Waals surface area contributed by atoms with E-state index in [0.29, 0.717) is 0 Å². The normalized spacial score (nSPS) is 11.7. The second-order valence-corrected chi connectivity index (χ2v) is 5.11. The molecule has 0 amide bonds. The van der Waals surface area contributed by atoms with Gasteiger partial charge in [-0.25, -0.2) is 0 Å². The number of hydrogen-bond donors (Lipinski definition) is 0. The maximum Gasteiger partial charge on any atom is 0.0649 e. The van der Waals surface area contributed by atoms with E-state index in [2.05, 4.69) is 66.9 Å². The Morgan fingerprint density at radius 1 is 0.895 bits per heavy atom. The molecule has 3 aromatic rings. The molecule has 0 atom stereocenters. The van der Waals surface area contributed by atoms with Crippen LogP contribution in [0, 0.1) is 0 Å². The third-order valence-corrected chi connectivity index (χ3v) is 3.45. The van der Waals surface area contributed by atoms with Crippen molar-refractivity contribution in [3.05, 3.63) is 48.5 Å². The van der Waals surface area contributed by atoms with E-state index < -0.39 is 0 Å². The largest absolute Gasteiger partial charge is 0.377 e. The molecule has 0 saturated heterocycles. The Kier molecular flexibility index (Phi) is 3.26. The SMILES string of the molecule is CC(C)OCCn1c2ccccc2c2ccccc21. The summed E-state index contributed by atoms with van der Waals surface area (Å²) in [4.78, 5) is 0. The van der Waals surface area contributed by atoms with Crippen molar-refractivity contribution in [2.24, 2.45) is 0 Å². The standard InChI is InChI=1S/C17H19NO/c1-13(2)19-12-11-18-16-9-5-3-7-14(16)15-8-4-6-10-17(15)18/h3-10,13H,11-12H2,1-2H3. The second kappa shape index (κ2) is 5.06. The van der Waals surface area contributed by atoms with E-state index in [0.717, 1.165) is 13.2 Å². The van der Waals surface area contributed by atoms with E-state index >= 15 is 0 Å². The number of aromatic nitrogens is 1. The van der Waals surface area contributed by atoms with Gasteiger partial charge in [0.15, 0.2) is 0 Å². The highest BCUT2D eigenvalue weighted by Gasteiger charge is 2.09. The first kappa shape index (κ1) is 12.2. The lowest BCUT2D eigenvalue weighted by atomic mass is 10.2. The number of para-hydroxylation sites is 2.